The van der Waals surface area contributed by atoms with Gasteiger partial charge in [-0.05, 0) is 54.6 Å². The highest BCUT2D eigenvalue weighted by Gasteiger charge is 2.22. The Hall–Kier alpha value is -3.38. The first-order chi connectivity index (χ1) is 17.0. The molecule has 1 aliphatic carbocycles. The molecule has 184 valence electrons. The minimum Gasteiger partial charge on any atom is -0.385 e. The van der Waals surface area contributed by atoms with Crippen LogP contribution in [-0.4, -0.2) is 44.3 Å². The second-order valence-corrected chi connectivity index (χ2v) is 9.24. The molecule has 1 N–H and O–H groups in total. The lowest BCUT2D eigenvalue weighted by atomic mass is 9.99. The highest BCUT2D eigenvalue weighted by atomic mass is 32.2. The Morgan fingerprint density at radius 1 is 1.34 bits per heavy atom. The van der Waals surface area contributed by atoms with Crippen LogP contribution in [0, 0.1) is 15.9 Å². The Morgan fingerprint density at radius 2 is 2.14 bits per heavy atom. The first kappa shape index (κ1) is 24.7. The summed E-state index contributed by atoms with van der Waals surface area (Å²) in [5.74, 6) is -1.29. The number of halogens is 1. The number of aromatic nitrogens is 4. The van der Waals surface area contributed by atoms with Crippen LogP contribution in [0.25, 0.3) is 0 Å². The summed E-state index contributed by atoms with van der Waals surface area (Å²) in [6.45, 7) is 1.16. The van der Waals surface area contributed by atoms with Gasteiger partial charge in [-0.3, -0.25) is 14.9 Å². The number of nitrogens with zero attached hydrogens (tertiary/aromatic N) is 5. The van der Waals surface area contributed by atoms with E-state index < -0.39 is 16.6 Å². The van der Waals surface area contributed by atoms with E-state index in [1.165, 1.54) is 18.2 Å². The molecule has 35 heavy (non-hydrogen) atoms. The molecule has 2 aromatic heterocycles. The number of aryl methyl sites for hydroxylation is 1. The molecule has 0 atom stereocenters. The van der Waals surface area contributed by atoms with E-state index in [0.717, 1.165) is 55.5 Å². The smallest absolute Gasteiger partial charge is 0.270 e. The van der Waals surface area contributed by atoms with E-state index in [4.69, 9.17) is 4.74 Å². The average Bonchev–Trinajstić information content (AvgIpc) is 3.53. The molecule has 1 aromatic carbocycles. The number of anilines is 1. The van der Waals surface area contributed by atoms with Crippen molar-refractivity contribution in [3.8, 4) is 0 Å². The number of non-ortho nitro benzene ring substituents is 1. The molecular formula is C23H25FN6O4S. The van der Waals surface area contributed by atoms with Gasteiger partial charge in [0.25, 0.3) is 11.6 Å². The standard InChI is InChI=1S/C23H25FN6O4S/c1-34-10-4-9-29-14-26-28-23(29)35-20-8-7-17(30(32)33)12-18(20)22(31)27-21-19(24)11-16(13-25-21)15-5-2-3-6-15/h7-8,11-15H,2-6,9-10H2,1H3,(H,25,27,31). The van der Waals surface area contributed by atoms with E-state index in [0.29, 0.717) is 23.2 Å². The lowest BCUT2D eigenvalue weighted by Crippen LogP contribution is -2.16. The number of hydrogen-bond acceptors (Lipinski definition) is 8. The molecule has 0 aliphatic heterocycles. The second-order valence-electron chi connectivity index (χ2n) is 8.23. The topological polar surface area (TPSA) is 125 Å². The summed E-state index contributed by atoms with van der Waals surface area (Å²) in [6.07, 6.45) is 8.09. The summed E-state index contributed by atoms with van der Waals surface area (Å²) in [7, 11) is 1.61. The molecule has 10 nitrogen and oxygen atoms in total. The van der Waals surface area contributed by atoms with Crippen LogP contribution in [-0.2, 0) is 11.3 Å². The van der Waals surface area contributed by atoms with Crippen molar-refractivity contribution in [2.75, 3.05) is 19.0 Å². The highest BCUT2D eigenvalue weighted by Crippen LogP contribution is 2.35. The Balaban J connectivity index is 1.57. The van der Waals surface area contributed by atoms with Crippen molar-refractivity contribution in [3.05, 3.63) is 63.8 Å². The number of pyridine rings is 1. The van der Waals surface area contributed by atoms with Crippen LogP contribution in [0.1, 0.15) is 53.9 Å². The second kappa shape index (κ2) is 11.4. The number of benzene rings is 1. The van der Waals surface area contributed by atoms with Crippen LogP contribution in [0.2, 0.25) is 0 Å². The number of nitrogens with one attached hydrogen (secondary N) is 1. The molecule has 0 spiro atoms. The summed E-state index contributed by atoms with van der Waals surface area (Å²) in [4.78, 5) is 28.4. The third kappa shape index (κ3) is 6.01. The van der Waals surface area contributed by atoms with Crippen molar-refractivity contribution < 1.29 is 18.8 Å². The van der Waals surface area contributed by atoms with Gasteiger partial charge in [0.1, 0.15) is 6.33 Å². The Kier molecular flexibility index (Phi) is 8.03. The van der Waals surface area contributed by atoms with Crippen LogP contribution < -0.4 is 5.32 Å². The number of carbonyl (C=O) groups excluding carboxylic acids is 1. The fourth-order valence-electron chi connectivity index (χ4n) is 4.05. The zero-order chi connectivity index (χ0) is 24.8. The summed E-state index contributed by atoms with van der Waals surface area (Å²) in [6, 6.07) is 5.34. The molecule has 4 rings (SSSR count). The normalized spacial score (nSPS) is 13.8. The summed E-state index contributed by atoms with van der Waals surface area (Å²) < 4.78 is 21.6. The lowest BCUT2D eigenvalue weighted by Gasteiger charge is -2.13. The van der Waals surface area contributed by atoms with Crippen molar-refractivity contribution in [1.29, 1.82) is 0 Å². The minimum absolute atomic E-state index is 0.0108. The molecule has 3 aromatic rings. The molecule has 1 fully saturated rings. The molecule has 0 bridgehead atoms. The van der Waals surface area contributed by atoms with Gasteiger partial charge < -0.3 is 14.6 Å². The quantitative estimate of drug-likeness (QED) is 0.239. The fourth-order valence-corrected chi connectivity index (χ4v) is 4.99. The maximum atomic E-state index is 14.8. The first-order valence-electron chi connectivity index (χ1n) is 11.3. The molecule has 12 heteroatoms. The monoisotopic (exact) mass is 500 g/mol. The van der Waals surface area contributed by atoms with Crippen molar-refractivity contribution in [3.63, 3.8) is 0 Å². The van der Waals surface area contributed by atoms with Crippen LogP contribution in [0.15, 0.2) is 46.8 Å². The van der Waals surface area contributed by atoms with Crippen molar-refractivity contribution in [2.45, 2.75) is 54.6 Å². The van der Waals surface area contributed by atoms with Crippen molar-refractivity contribution in [2.24, 2.45) is 0 Å². The van der Waals surface area contributed by atoms with Gasteiger partial charge in [0.2, 0.25) is 0 Å². The Labute approximate surface area is 205 Å². The van der Waals surface area contributed by atoms with Gasteiger partial charge in [0.05, 0.1) is 10.5 Å². The van der Waals surface area contributed by atoms with Gasteiger partial charge in [0, 0.05) is 43.5 Å². The minimum atomic E-state index is -0.707. The SMILES string of the molecule is COCCCn1cnnc1Sc1ccc([N+](=O)[O-])cc1C(=O)Nc1ncc(C2CCCC2)cc1F. The molecule has 0 radical (unpaired) electrons. The molecule has 1 saturated carbocycles. The molecule has 1 amide bonds. The van der Waals surface area contributed by atoms with E-state index >= 15 is 0 Å². The van der Waals surface area contributed by atoms with Crippen LogP contribution in [0.5, 0.6) is 0 Å². The Bertz CT molecular complexity index is 1210. The number of rotatable bonds is 10. The predicted molar refractivity (Wildman–Crippen MR) is 127 cm³/mol. The van der Waals surface area contributed by atoms with Gasteiger partial charge >= 0.3 is 0 Å². The van der Waals surface area contributed by atoms with Crippen LogP contribution in [0.3, 0.4) is 0 Å². The maximum absolute atomic E-state index is 14.8. The Morgan fingerprint density at radius 3 is 2.86 bits per heavy atom. The van der Waals surface area contributed by atoms with Gasteiger partial charge in [-0.25, -0.2) is 9.37 Å². The summed E-state index contributed by atoms with van der Waals surface area (Å²) in [5, 5.41) is 22.3. The molecule has 0 unspecified atom stereocenters. The fraction of sp³-hybridized carbons (Fsp3) is 0.391. The lowest BCUT2D eigenvalue weighted by molar-refractivity contribution is -0.384. The number of methoxy groups -OCH3 is 1. The predicted octanol–water partition coefficient (Wildman–Crippen LogP) is 4.82. The summed E-state index contributed by atoms with van der Waals surface area (Å²) in [5.41, 5.74) is 0.570. The molecular weight excluding hydrogens is 475 g/mol. The molecule has 0 saturated heterocycles. The van der Waals surface area contributed by atoms with E-state index in [1.807, 2.05) is 0 Å². The van der Waals surface area contributed by atoms with E-state index in [9.17, 15) is 19.3 Å². The summed E-state index contributed by atoms with van der Waals surface area (Å²) >= 11 is 1.14. The number of carbonyl (C=O) groups is 1. The third-order valence-corrected chi connectivity index (χ3v) is 6.94. The first-order valence-corrected chi connectivity index (χ1v) is 12.1. The highest BCUT2D eigenvalue weighted by molar-refractivity contribution is 7.99. The van der Waals surface area contributed by atoms with Crippen LogP contribution >= 0.6 is 11.8 Å². The van der Waals surface area contributed by atoms with Gasteiger partial charge in [-0.15, -0.1) is 10.2 Å². The van der Waals surface area contributed by atoms with Crippen LogP contribution in [0.4, 0.5) is 15.9 Å². The van der Waals surface area contributed by atoms with Gasteiger partial charge in [-0.2, -0.15) is 0 Å². The number of nitro benzene ring substituents is 1. The molecule has 1 aliphatic rings. The maximum Gasteiger partial charge on any atom is 0.270 e. The van der Waals surface area contributed by atoms with Gasteiger partial charge in [-0.1, -0.05) is 12.8 Å². The van der Waals surface area contributed by atoms with Crippen molar-refractivity contribution in [1.82, 2.24) is 19.7 Å². The number of amides is 1. The third-order valence-electron chi connectivity index (χ3n) is 5.87. The van der Waals surface area contributed by atoms with Gasteiger partial charge in [0.15, 0.2) is 16.8 Å². The molecule has 2 heterocycles. The van der Waals surface area contributed by atoms with E-state index in [-0.39, 0.29) is 23.0 Å². The number of hydrogen-bond donors (Lipinski definition) is 1. The van der Waals surface area contributed by atoms with E-state index in [1.54, 1.807) is 24.2 Å². The van der Waals surface area contributed by atoms with Crippen molar-refractivity contribution >= 4 is 29.2 Å². The zero-order valence-electron chi connectivity index (χ0n) is 19.1. The van der Waals surface area contributed by atoms with E-state index in [2.05, 4.69) is 20.5 Å². The average molecular weight is 501 g/mol. The largest absolute Gasteiger partial charge is 0.385 e. The zero-order valence-corrected chi connectivity index (χ0v) is 20.0. The number of nitro groups is 1. The number of ether oxygens (including phenoxy) is 1.